The summed E-state index contributed by atoms with van der Waals surface area (Å²) in [4.78, 5) is 4.47. The van der Waals surface area contributed by atoms with Crippen LogP contribution >= 0.6 is 11.8 Å². The molecule has 132 valence electrons. The Morgan fingerprint density at radius 1 is 1.14 bits per heavy atom. The van der Waals surface area contributed by atoms with Crippen LogP contribution in [0.4, 0.5) is 0 Å². The first-order valence-electron chi connectivity index (χ1n) is 8.00. The van der Waals surface area contributed by atoms with Crippen LogP contribution in [0.5, 0.6) is 0 Å². The van der Waals surface area contributed by atoms with Gasteiger partial charge in [-0.2, -0.15) is 11.8 Å². The SMILES string of the molecule is CCNC(=NCCCCSC)NCCS(=O)(=O)N(CC)CC. The predicted molar refractivity (Wildman–Crippen MR) is 98.3 cm³/mol. The molecule has 0 aromatic rings. The summed E-state index contributed by atoms with van der Waals surface area (Å²) in [5.41, 5.74) is 0. The fourth-order valence-electron chi connectivity index (χ4n) is 1.94. The Bertz CT molecular complexity index is 396. The summed E-state index contributed by atoms with van der Waals surface area (Å²) in [5.74, 6) is 1.94. The van der Waals surface area contributed by atoms with Crippen LogP contribution in [0.2, 0.25) is 0 Å². The molecule has 0 bridgehead atoms. The summed E-state index contributed by atoms with van der Waals surface area (Å²) in [6.45, 7) is 8.64. The molecular formula is C14H32N4O2S2. The Morgan fingerprint density at radius 2 is 1.82 bits per heavy atom. The van der Waals surface area contributed by atoms with Crippen molar-refractivity contribution in [1.82, 2.24) is 14.9 Å². The lowest BCUT2D eigenvalue weighted by Crippen LogP contribution is -2.42. The molecule has 0 unspecified atom stereocenters. The van der Waals surface area contributed by atoms with Gasteiger partial charge in [0, 0.05) is 32.7 Å². The average molecular weight is 353 g/mol. The third-order valence-corrected chi connectivity index (χ3v) is 5.84. The fraction of sp³-hybridized carbons (Fsp3) is 0.929. The summed E-state index contributed by atoms with van der Waals surface area (Å²) in [7, 11) is -3.18. The molecule has 0 spiro atoms. The van der Waals surface area contributed by atoms with E-state index in [-0.39, 0.29) is 5.75 Å². The van der Waals surface area contributed by atoms with Crippen molar-refractivity contribution in [3.63, 3.8) is 0 Å². The Kier molecular flexibility index (Phi) is 12.7. The molecule has 0 aromatic carbocycles. The van der Waals surface area contributed by atoms with Crippen LogP contribution in [0.1, 0.15) is 33.6 Å². The summed E-state index contributed by atoms with van der Waals surface area (Å²) in [6, 6.07) is 0. The van der Waals surface area contributed by atoms with E-state index in [1.807, 2.05) is 32.5 Å². The second-order valence-electron chi connectivity index (χ2n) is 4.79. The number of aliphatic imine (C=N–C) groups is 1. The Hall–Kier alpha value is -0.470. The van der Waals surface area contributed by atoms with E-state index in [1.165, 1.54) is 4.31 Å². The van der Waals surface area contributed by atoms with Crippen LogP contribution in [-0.4, -0.2) is 69.2 Å². The van der Waals surface area contributed by atoms with Gasteiger partial charge in [0.15, 0.2) is 5.96 Å². The van der Waals surface area contributed by atoms with E-state index >= 15 is 0 Å². The zero-order valence-electron chi connectivity index (χ0n) is 14.4. The third kappa shape index (κ3) is 9.53. The Morgan fingerprint density at radius 3 is 2.36 bits per heavy atom. The standard InChI is InChI=1S/C14H32N4O2S2/c1-5-15-14(16-10-8-9-12-21-4)17-11-13-22(19,20)18(6-2)7-3/h5-13H2,1-4H3,(H2,15,16,17). The number of thioether (sulfide) groups is 1. The quantitative estimate of drug-likeness (QED) is 0.315. The summed E-state index contributed by atoms with van der Waals surface area (Å²) < 4.78 is 25.7. The molecule has 0 fully saturated rings. The van der Waals surface area contributed by atoms with E-state index < -0.39 is 10.0 Å². The Labute approximate surface area is 140 Å². The number of hydrogen-bond acceptors (Lipinski definition) is 4. The smallest absolute Gasteiger partial charge is 0.215 e. The van der Waals surface area contributed by atoms with Gasteiger partial charge in [-0.15, -0.1) is 0 Å². The number of sulfonamides is 1. The molecule has 22 heavy (non-hydrogen) atoms. The van der Waals surface area contributed by atoms with Crippen LogP contribution < -0.4 is 10.6 Å². The van der Waals surface area contributed by atoms with Gasteiger partial charge in [0.05, 0.1) is 5.75 Å². The van der Waals surface area contributed by atoms with Crippen LogP contribution in [0.25, 0.3) is 0 Å². The minimum absolute atomic E-state index is 0.0889. The molecule has 0 saturated heterocycles. The number of hydrogen-bond donors (Lipinski definition) is 2. The van der Waals surface area contributed by atoms with Crippen molar-refractivity contribution >= 4 is 27.7 Å². The first kappa shape index (κ1) is 21.5. The Balaban J connectivity index is 4.26. The van der Waals surface area contributed by atoms with Crippen molar-refractivity contribution in [1.29, 1.82) is 0 Å². The predicted octanol–water partition coefficient (Wildman–Crippen LogP) is 1.36. The highest BCUT2D eigenvalue weighted by Gasteiger charge is 2.18. The molecular weight excluding hydrogens is 320 g/mol. The molecule has 0 aromatic heterocycles. The largest absolute Gasteiger partial charge is 0.357 e. The summed E-state index contributed by atoms with van der Waals surface area (Å²) in [6.07, 6.45) is 4.31. The molecule has 0 aliphatic carbocycles. The van der Waals surface area contributed by atoms with E-state index in [1.54, 1.807) is 0 Å². The van der Waals surface area contributed by atoms with Crippen molar-refractivity contribution < 1.29 is 8.42 Å². The highest BCUT2D eigenvalue weighted by Crippen LogP contribution is 2.00. The lowest BCUT2D eigenvalue weighted by atomic mass is 10.3. The first-order valence-corrected chi connectivity index (χ1v) is 11.0. The lowest BCUT2D eigenvalue weighted by molar-refractivity contribution is 0.445. The maximum absolute atomic E-state index is 12.1. The van der Waals surface area contributed by atoms with E-state index in [0.717, 1.165) is 31.7 Å². The normalized spacial score (nSPS) is 12.7. The van der Waals surface area contributed by atoms with Crippen molar-refractivity contribution in [3.8, 4) is 0 Å². The number of rotatable bonds is 12. The van der Waals surface area contributed by atoms with Gasteiger partial charge in [-0.05, 0) is 31.8 Å². The highest BCUT2D eigenvalue weighted by molar-refractivity contribution is 7.98. The molecule has 8 heteroatoms. The molecule has 2 N–H and O–H groups in total. The molecule has 0 radical (unpaired) electrons. The average Bonchev–Trinajstić information content (AvgIpc) is 2.47. The topological polar surface area (TPSA) is 73.8 Å². The van der Waals surface area contributed by atoms with Gasteiger partial charge < -0.3 is 10.6 Å². The molecule has 0 atom stereocenters. The zero-order chi connectivity index (χ0) is 16.8. The molecule has 0 saturated carbocycles. The first-order chi connectivity index (χ1) is 10.5. The van der Waals surface area contributed by atoms with Crippen LogP contribution in [-0.2, 0) is 10.0 Å². The zero-order valence-corrected chi connectivity index (χ0v) is 16.0. The second-order valence-corrected chi connectivity index (χ2v) is 7.86. The van der Waals surface area contributed by atoms with Gasteiger partial charge in [-0.1, -0.05) is 13.8 Å². The van der Waals surface area contributed by atoms with Gasteiger partial charge in [0.1, 0.15) is 0 Å². The monoisotopic (exact) mass is 352 g/mol. The minimum atomic E-state index is -3.18. The number of guanidine groups is 1. The lowest BCUT2D eigenvalue weighted by Gasteiger charge is -2.19. The molecule has 0 aliphatic heterocycles. The van der Waals surface area contributed by atoms with Crippen LogP contribution in [0.3, 0.4) is 0 Å². The number of unbranched alkanes of at least 4 members (excludes halogenated alkanes) is 1. The maximum Gasteiger partial charge on any atom is 0.215 e. The highest BCUT2D eigenvalue weighted by atomic mass is 32.2. The van der Waals surface area contributed by atoms with Crippen molar-refractivity contribution in [2.45, 2.75) is 33.6 Å². The van der Waals surface area contributed by atoms with Gasteiger partial charge in [0.2, 0.25) is 10.0 Å². The summed E-state index contributed by atoms with van der Waals surface area (Å²) >= 11 is 1.84. The molecule has 6 nitrogen and oxygen atoms in total. The van der Waals surface area contributed by atoms with Crippen LogP contribution in [0.15, 0.2) is 4.99 Å². The number of nitrogens with zero attached hydrogens (tertiary/aromatic N) is 2. The number of nitrogens with one attached hydrogen (secondary N) is 2. The molecule has 0 aliphatic rings. The molecule has 0 amide bonds. The van der Waals surface area contributed by atoms with Gasteiger partial charge >= 0.3 is 0 Å². The van der Waals surface area contributed by atoms with Gasteiger partial charge in [-0.3, -0.25) is 4.99 Å². The van der Waals surface area contributed by atoms with Crippen molar-refractivity contribution in [2.24, 2.45) is 4.99 Å². The third-order valence-electron chi connectivity index (χ3n) is 3.12. The molecule has 0 heterocycles. The van der Waals surface area contributed by atoms with Crippen molar-refractivity contribution in [3.05, 3.63) is 0 Å². The second kappa shape index (κ2) is 13.0. The van der Waals surface area contributed by atoms with Gasteiger partial charge in [-0.25, -0.2) is 12.7 Å². The van der Waals surface area contributed by atoms with E-state index in [4.69, 9.17) is 0 Å². The van der Waals surface area contributed by atoms with E-state index in [9.17, 15) is 8.42 Å². The van der Waals surface area contributed by atoms with E-state index in [2.05, 4.69) is 21.9 Å². The minimum Gasteiger partial charge on any atom is -0.357 e. The van der Waals surface area contributed by atoms with Crippen LogP contribution in [0, 0.1) is 0 Å². The van der Waals surface area contributed by atoms with Crippen molar-refractivity contribution in [2.75, 3.05) is 50.5 Å². The van der Waals surface area contributed by atoms with E-state index in [0.29, 0.717) is 25.6 Å². The maximum atomic E-state index is 12.1. The molecule has 0 rings (SSSR count). The summed E-state index contributed by atoms with van der Waals surface area (Å²) in [5, 5.41) is 6.24. The fourth-order valence-corrected chi connectivity index (χ4v) is 3.83. The van der Waals surface area contributed by atoms with Gasteiger partial charge in [0.25, 0.3) is 0 Å².